The minimum atomic E-state index is -4.46. The minimum absolute atomic E-state index is 0.156. The Bertz CT molecular complexity index is 3830. The Balaban J connectivity index is 0.000000152. The number of benzene rings is 6. The Hall–Kier alpha value is -6.00. The van der Waals surface area contributed by atoms with E-state index in [0.29, 0.717) is 114 Å². The molecule has 0 atom stereocenters. The molecule has 6 aromatic carbocycles. The molecule has 4 aromatic heterocycles. The van der Waals surface area contributed by atoms with E-state index in [0.717, 1.165) is 29.7 Å². The molecule has 0 bridgehead atoms. The summed E-state index contributed by atoms with van der Waals surface area (Å²) >= 11 is 36.2. The number of alkyl halides is 6. The van der Waals surface area contributed by atoms with Gasteiger partial charge in [-0.1, -0.05) is 81.7 Å². The lowest BCUT2D eigenvalue weighted by Crippen LogP contribution is -2.06. The molecular weight excluding hydrogens is 1130 g/mol. The standard InChI is InChI=1S/2C18H12ClF4N.2C10H6Cl2FN/c1-9-5-11(7-12(6-9)18(21,22)23)17-10(2)16(19)14-4-3-13(20)8-15(14)24-17;1-9-6-11(8-12(7-9)18(21,22)23)17-10(2)16(19)15-13(20)4-3-5-14(15)24-17;1-5-9(11)7-3-2-6(13)4-8(7)14-10(5)12;1-5-9(11)8-6(13)3-2-4-7(8)14-10(5)12/h2*3-8H,1-2H3;2*2-4H,1H3. The highest BCUT2D eigenvalue weighted by Crippen LogP contribution is 2.40. The maximum Gasteiger partial charge on any atom is 0.416 e. The summed E-state index contributed by atoms with van der Waals surface area (Å²) < 4.78 is 132. The molecule has 0 amide bonds. The van der Waals surface area contributed by atoms with E-state index in [9.17, 15) is 43.9 Å². The Morgan fingerprint density at radius 1 is 0.368 bits per heavy atom. The van der Waals surface area contributed by atoms with E-state index in [2.05, 4.69) is 19.9 Å². The van der Waals surface area contributed by atoms with Gasteiger partial charge in [0.2, 0.25) is 0 Å². The molecular formula is C56H36Cl6F10N4. The van der Waals surface area contributed by atoms with E-state index in [1.165, 1.54) is 48.5 Å². The molecule has 0 saturated carbocycles. The van der Waals surface area contributed by atoms with Crippen LogP contribution >= 0.6 is 69.6 Å². The van der Waals surface area contributed by atoms with Crippen molar-refractivity contribution < 1.29 is 43.9 Å². The number of pyridine rings is 4. The first kappa shape index (κ1) is 57.7. The minimum Gasteiger partial charge on any atom is -0.247 e. The summed E-state index contributed by atoms with van der Waals surface area (Å²) in [6.07, 6.45) is -8.91. The van der Waals surface area contributed by atoms with Crippen LogP contribution in [0.15, 0.2) is 109 Å². The Morgan fingerprint density at radius 3 is 1.17 bits per heavy atom. The molecule has 0 spiro atoms. The number of hydrogen-bond acceptors (Lipinski definition) is 4. The van der Waals surface area contributed by atoms with Crippen molar-refractivity contribution in [1.82, 2.24) is 19.9 Å². The van der Waals surface area contributed by atoms with Gasteiger partial charge in [-0.3, -0.25) is 0 Å². The molecule has 0 N–H and O–H groups in total. The largest absolute Gasteiger partial charge is 0.416 e. The van der Waals surface area contributed by atoms with Crippen molar-refractivity contribution >= 4 is 113 Å². The van der Waals surface area contributed by atoms with Gasteiger partial charge >= 0.3 is 12.4 Å². The molecule has 0 saturated heterocycles. The van der Waals surface area contributed by atoms with Crippen molar-refractivity contribution in [3.63, 3.8) is 0 Å². The zero-order valence-corrected chi connectivity index (χ0v) is 44.8. The predicted molar refractivity (Wildman–Crippen MR) is 286 cm³/mol. The fourth-order valence-electron chi connectivity index (χ4n) is 7.90. The third kappa shape index (κ3) is 12.5. The van der Waals surface area contributed by atoms with Crippen molar-refractivity contribution in [2.24, 2.45) is 0 Å². The maximum absolute atomic E-state index is 14.0. The van der Waals surface area contributed by atoms with Crippen LogP contribution in [0.5, 0.6) is 0 Å². The lowest BCUT2D eigenvalue weighted by molar-refractivity contribution is -0.138. The summed E-state index contributed by atoms with van der Waals surface area (Å²) in [5.41, 5.74) is 4.49. The van der Waals surface area contributed by atoms with Crippen molar-refractivity contribution in [2.75, 3.05) is 0 Å². The summed E-state index contributed by atoms with van der Waals surface area (Å²) in [5, 5.41) is 3.77. The third-order valence-electron chi connectivity index (χ3n) is 11.7. The number of aryl methyl sites for hydroxylation is 2. The average Bonchev–Trinajstić information content (AvgIpc) is 3.35. The number of fused-ring (bicyclic) bond motifs is 4. The lowest BCUT2D eigenvalue weighted by Gasteiger charge is -2.14. The molecule has 0 unspecified atom stereocenters. The first-order chi connectivity index (χ1) is 35.5. The van der Waals surface area contributed by atoms with Gasteiger partial charge in [-0.2, -0.15) is 26.3 Å². The summed E-state index contributed by atoms with van der Waals surface area (Å²) in [6, 6.07) is 24.6. The van der Waals surface area contributed by atoms with Crippen molar-refractivity contribution in [1.29, 1.82) is 0 Å². The molecule has 4 heterocycles. The van der Waals surface area contributed by atoms with Gasteiger partial charge in [-0.15, -0.1) is 0 Å². The quantitative estimate of drug-likeness (QED) is 0.128. The SMILES string of the molecule is Cc1c(Cl)nc2cc(F)ccc2c1Cl.Cc1c(Cl)nc2cccc(F)c2c1Cl.Cc1cc(-c2nc3cc(F)ccc3c(Cl)c2C)cc(C(F)(F)F)c1.Cc1cc(-c2nc3cccc(F)c3c(Cl)c2C)cc(C(F)(F)F)c1. The van der Waals surface area contributed by atoms with Crippen LogP contribution in [0.4, 0.5) is 43.9 Å². The van der Waals surface area contributed by atoms with Gasteiger partial charge < -0.3 is 0 Å². The second-order valence-electron chi connectivity index (χ2n) is 17.2. The molecule has 0 aliphatic rings. The topological polar surface area (TPSA) is 51.6 Å². The smallest absolute Gasteiger partial charge is 0.247 e. The summed E-state index contributed by atoms with van der Waals surface area (Å²) in [6.45, 7) is 9.95. The fraction of sp³-hybridized carbons (Fsp3) is 0.143. The van der Waals surface area contributed by atoms with Crippen LogP contribution in [-0.2, 0) is 12.4 Å². The molecule has 0 aliphatic carbocycles. The molecule has 0 radical (unpaired) electrons. The first-order valence-corrected chi connectivity index (χ1v) is 24.5. The van der Waals surface area contributed by atoms with Crippen LogP contribution in [-0.4, -0.2) is 19.9 Å². The van der Waals surface area contributed by atoms with Crippen LogP contribution in [0.3, 0.4) is 0 Å². The normalized spacial score (nSPS) is 11.6. The number of rotatable bonds is 2. The van der Waals surface area contributed by atoms with Crippen molar-refractivity contribution in [3.8, 4) is 22.5 Å². The first-order valence-electron chi connectivity index (χ1n) is 22.2. The van der Waals surface area contributed by atoms with Crippen LogP contribution in [0.25, 0.3) is 66.1 Å². The Labute approximate surface area is 458 Å². The predicted octanol–water partition coefficient (Wildman–Crippen LogP) is 20.6. The van der Waals surface area contributed by atoms with E-state index in [-0.39, 0.29) is 22.0 Å². The summed E-state index contributed by atoms with van der Waals surface area (Å²) in [4.78, 5) is 16.8. The zero-order valence-electron chi connectivity index (χ0n) is 40.2. The molecule has 10 rings (SSSR count). The highest BCUT2D eigenvalue weighted by Gasteiger charge is 2.32. The van der Waals surface area contributed by atoms with Gasteiger partial charge in [-0.25, -0.2) is 37.5 Å². The van der Waals surface area contributed by atoms with Gasteiger partial charge in [0, 0.05) is 45.2 Å². The van der Waals surface area contributed by atoms with Crippen molar-refractivity contribution in [2.45, 2.75) is 53.9 Å². The van der Waals surface area contributed by atoms with E-state index in [1.54, 1.807) is 77.9 Å². The summed E-state index contributed by atoms with van der Waals surface area (Å²) in [7, 11) is 0. The highest BCUT2D eigenvalue weighted by atomic mass is 35.5. The number of hydrogen-bond donors (Lipinski definition) is 0. The molecule has 392 valence electrons. The van der Waals surface area contributed by atoms with Gasteiger partial charge in [0.25, 0.3) is 0 Å². The van der Waals surface area contributed by atoms with E-state index < -0.39 is 35.1 Å². The molecule has 76 heavy (non-hydrogen) atoms. The molecule has 20 heteroatoms. The second kappa shape index (κ2) is 22.9. The fourth-order valence-corrected chi connectivity index (χ4v) is 9.42. The van der Waals surface area contributed by atoms with Crippen LogP contribution in [0.1, 0.15) is 44.5 Å². The molecule has 4 nitrogen and oxygen atoms in total. The number of nitrogens with zero attached hydrogens (tertiary/aromatic N) is 4. The van der Waals surface area contributed by atoms with Gasteiger partial charge in [0.05, 0.1) is 75.4 Å². The molecule has 0 fully saturated rings. The zero-order chi connectivity index (χ0) is 55.9. The highest BCUT2D eigenvalue weighted by molar-refractivity contribution is 6.40. The number of aromatic nitrogens is 4. The summed E-state index contributed by atoms with van der Waals surface area (Å²) in [5.74, 6) is -1.72. The Kier molecular flexibility index (Phi) is 17.4. The van der Waals surface area contributed by atoms with Crippen molar-refractivity contribution in [3.05, 3.63) is 207 Å². The molecule has 0 aliphatic heterocycles. The van der Waals surface area contributed by atoms with Gasteiger partial charge in [0.15, 0.2) is 0 Å². The molecule has 10 aromatic rings. The van der Waals surface area contributed by atoms with E-state index >= 15 is 0 Å². The van der Waals surface area contributed by atoms with Gasteiger partial charge in [0.1, 0.15) is 33.6 Å². The average molecular weight is 1170 g/mol. The maximum atomic E-state index is 14.0. The van der Waals surface area contributed by atoms with Gasteiger partial charge in [-0.05, 0) is 149 Å². The monoisotopic (exact) mass is 1160 g/mol. The van der Waals surface area contributed by atoms with Crippen LogP contribution < -0.4 is 0 Å². The van der Waals surface area contributed by atoms with E-state index in [1.807, 2.05) is 0 Å². The lowest BCUT2D eigenvalue weighted by atomic mass is 9.99. The van der Waals surface area contributed by atoms with Crippen LogP contribution in [0.2, 0.25) is 30.4 Å². The second-order valence-corrected chi connectivity index (χ2v) is 19.5. The van der Waals surface area contributed by atoms with Crippen LogP contribution in [0, 0.1) is 64.8 Å². The Morgan fingerprint density at radius 2 is 0.724 bits per heavy atom. The number of halogens is 16. The third-order valence-corrected chi connectivity index (χ3v) is 14.4. The van der Waals surface area contributed by atoms with E-state index in [4.69, 9.17) is 69.6 Å².